The second-order valence-corrected chi connectivity index (χ2v) is 11.4. The monoisotopic (exact) mass is 477 g/mol. The first-order chi connectivity index (χ1) is 15.2. The van der Waals surface area contributed by atoms with Gasteiger partial charge in [-0.15, -0.1) is 0 Å². The second-order valence-electron chi connectivity index (χ2n) is 7.54. The lowest BCUT2D eigenvalue weighted by molar-refractivity contribution is -0.132. The van der Waals surface area contributed by atoms with E-state index in [1.807, 2.05) is 12.1 Å². The number of hydrogen-bond acceptors (Lipinski definition) is 5. The smallest absolute Gasteiger partial charge is 0.237 e. The number of likely N-dealkylation sites (N-methyl/N-ethyl adjacent to an activating group) is 1. The van der Waals surface area contributed by atoms with Crippen LogP contribution in [0.2, 0.25) is 0 Å². The Kier molecular flexibility index (Phi) is 7.83. The van der Waals surface area contributed by atoms with E-state index < -0.39 is 20.0 Å². The van der Waals surface area contributed by atoms with Crippen molar-refractivity contribution in [2.45, 2.75) is 5.75 Å². The molecular formula is C22H27N3O5S2. The van der Waals surface area contributed by atoms with E-state index in [0.29, 0.717) is 5.56 Å². The SMILES string of the molecule is CN(CC(=O)N1CCN(S(=O)(=O)Cc2ccccc2)CC1)S(=O)(=O)/C=C/c1ccccc1. The molecule has 2 aromatic rings. The lowest BCUT2D eigenvalue weighted by Crippen LogP contribution is -2.52. The molecule has 0 bridgehead atoms. The number of sulfonamides is 2. The fraction of sp³-hybridized carbons (Fsp3) is 0.318. The normalized spacial score (nSPS) is 16.0. The summed E-state index contributed by atoms with van der Waals surface area (Å²) in [5, 5.41) is 1.07. The summed E-state index contributed by atoms with van der Waals surface area (Å²) in [7, 11) is -5.90. The van der Waals surface area contributed by atoms with Crippen molar-refractivity contribution in [2.24, 2.45) is 0 Å². The van der Waals surface area contributed by atoms with E-state index in [2.05, 4.69) is 0 Å². The van der Waals surface area contributed by atoms with E-state index >= 15 is 0 Å². The van der Waals surface area contributed by atoms with Crippen LogP contribution in [-0.4, -0.2) is 76.0 Å². The Hall–Kier alpha value is -2.53. The predicted octanol–water partition coefficient (Wildman–Crippen LogP) is 1.59. The molecule has 0 atom stereocenters. The number of amides is 1. The first-order valence-corrected chi connectivity index (χ1v) is 13.3. The summed E-state index contributed by atoms with van der Waals surface area (Å²) in [5.41, 5.74) is 1.45. The minimum Gasteiger partial charge on any atom is -0.339 e. The third-order valence-electron chi connectivity index (χ3n) is 5.20. The molecule has 2 aromatic carbocycles. The van der Waals surface area contributed by atoms with Gasteiger partial charge in [0.05, 0.1) is 12.3 Å². The average molecular weight is 478 g/mol. The van der Waals surface area contributed by atoms with Gasteiger partial charge in [0.1, 0.15) is 0 Å². The maximum absolute atomic E-state index is 12.7. The molecule has 0 spiro atoms. The molecule has 0 aromatic heterocycles. The van der Waals surface area contributed by atoms with Crippen molar-refractivity contribution in [3.05, 3.63) is 77.2 Å². The summed E-state index contributed by atoms with van der Waals surface area (Å²) >= 11 is 0. The van der Waals surface area contributed by atoms with E-state index in [0.717, 1.165) is 15.3 Å². The second kappa shape index (κ2) is 10.4. The Morgan fingerprint density at radius 3 is 2.06 bits per heavy atom. The number of nitrogens with zero attached hydrogens (tertiary/aromatic N) is 3. The van der Waals surface area contributed by atoms with Crippen molar-refractivity contribution < 1.29 is 21.6 Å². The molecule has 172 valence electrons. The van der Waals surface area contributed by atoms with Gasteiger partial charge in [-0.1, -0.05) is 60.7 Å². The maximum Gasteiger partial charge on any atom is 0.237 e. The van der Waals surface area contributed by atoms with E-state index in [4.69, 9.17) is 0 Å². The highest BCUT2D eigenvalue weighted by Gasteiger charge is 2.30. The zero-order valence-corrected chi connectivity index (χ0v) is 19.5. The fourth-order valence-electron chi connectivity index (χ4n) is 3.30. The van der Waals surface area contributed by atoms with Crippen LogP contribution >= 0.6 is 0 Å². The number of benzene rings is 2. The molecule has 1 fully saturated rings. The Labute approximate surface area is 189 Å². The van der Waals surface area contributed by atoms with Crippen LogP contribution in [0.3, 0.4) is 0 Å². The fourth-order valence-corrected chi connectivity index (χ4v) is 5.65. The molecule has 0 unspecified atom stereocenters. The van der Waals surface area contributed by atoms with E-state index in [9.17, 15) is 21.6 Å². The van der Waals surface area contributed by atoms with Crippen LogP contribution < -0.4 is 0 Å². The zero-order chi connectivity index (χ0) is 23.2. The van der Waals surface area contributed by atoms with Crippen molar-refractivity contribution in [3.63, 3.8) is 0 Å². The molecule has 0 radical (unpaired) electrons. The average Bonchev–Trinajstić information content (AvgIpc) is 2.79. The highest BCUT2D eigenvalue weighted by molar-refractivity contribution is 7.92. The molecule has 32 heavy (non-hydrogen) atoms. The van der Waals surface area contributed by atoms with E-state index in [1.54, 1.807) is 48.5 Å². The summed E-state index contributed by atoms with van der Waals surface area (Å²) in [6.45, 7) is 0.510. The van der Waals surface area contributed by atoms with Crippen molar-refractivity contribution in [1.29, 1.82) is 0 Å². The van der Waals surface area contributed by atoms with Crippen LogP contribution in [0.25, 0.3) is 6.08 Å². The van der Waals surface area contributed by atoms with Gasteiger partial charge in [-0.2, -0.15) is 8.61 Å². The van der Waals surface area contributed by atoms with E-state index in [-0.39, 0.29) is 44.4 Å². The Morgan fingerprint density at radius 1 is 0.906 bits per heavy atom. The minimum atomic E-state index is -3.76. The van der Waals surface area contributed by atoms with Gasteiger partial charge in [-0.05, 0) is 17.2 Å². The summed E-state index contributed by atoms with van der Waals surface area (Å²) in [4.78, 5) is 14.1. The van der Waals surface area contributed by atoms with Gasteiger partial charge in [-0.25, -0.2) is 16.8 Å². The van der Waals surface area contributed by atoms with Gasteiger partial charge in [-0.3, -0.25) is 4.79 Å². The van der Waals surface area contributed by atoms with Crippen LogP contribution in [-0.2, 0) is 30.6 Å². The van der Waals surface area contributed by atoms with Gasteiger partial charge in [0.25, 0.3) is 0 Å². The number of piperazine rings is 1. The number of hydrogen-bond donors (Lipinski definition) is 0. The minimum absolute atomic E-state index is 0.0868. The topological polar surface area (TPSA) is 95.1 Å². The highest BCUT2D eigenvalue weighted by atomic mass is 32.2. The summed E-state index contributed by atoms with van der Waals surface area (Å²) in [5.74, 6) is -0.444. The van der Waals surface area contributed by atoms with Crippen molar-refractivity contribution in [1.82, 2.24) is 13.5 Å². The summed E-state index contributed by atoms with van der Waals surface area (Å²) in [6.07, 6.45) is 1.48. The number of carbonyl (C=O) groups excluding carboxylic acids is 1. The number of rotatable bonds is 8. The highest BCUT2D eigenvalue weighted by Crippen LogP contribution is 2.14. The quantitative estimate of drug-likeness (QED) is 0.576. The van der Waals surface area contributed by atoms with Gasteiger partial charge in [0.2, 0.25) is 26.0 Å². The largest absolute Gasteiger partial charge is 0.339 e. The molecule has 10 heteroatoms. The van der Waals surface area contributed by atoms with Crippen molar-refractivity contribution in [3.8, 4) is 0 Å². The van der Waals surface area contributed by atoms with Crippen LogP contribution in [0.15, 0.2) is 66.1 Å². The standard InChI is InChI=1S/C22H27N3O5S2/c1-23(31(27,28)17-12-20-8-4-2-5-9-20)18-22(26)24-13-15-25(16-14-24)32(29,30)19-21-10-6-3-7-11-21/h2-12,17H,13-16,18-19H2,1H3/b17-12+. The summed E-state index contributed by atoms with van der Waals surface area (Å²) < 4.78 is 52.6. The molecule has 3 rings (SSSR count). The third kappa shape index (κ3) is 6.49. The molecule has 1 saturated heterocycles. The van der Waals surface area contributed by atoms with Crippen LogP contribution in [0, 0.1) is 0 Å². The molecule has 1 heterocycles. The molecule has 1 amide bonds. The molecule has 8 nitrogen and oxygen atoms in total. The lowest BCUT2D eigenvalue weighted by Gasteiger charge is -2.34. The van der Waals surface area contributed by atoms with Gasteiger partial charge >= 0.3 is 0 Å². The third-order valence-corrected chi connectivity index (χ3v) is 8.53. The molecular weight excluding hydrogens is 450 g/mol. The maximum atomic E-state index is 12.7. The predicted molar refractivity (Wildman–Crippen MR) is 124 cm³/mol. The van der Waals surface area contributed by atoms with Crippen LogP contribution in [0.5, 0.6) is 0 Å². The first kappa shape index (κ1) is 24.1. The lowest BCUT2D eigenvalue weighted by atomic mass is 10.2. The molecule has 0 N–H and O–H groups in total. The van der Waals surface area contributed by atoms with Crippen molar-refractivity contribution >= 4 is 32.0 Å². The van der Waals surface area contributed by atoms with Gasteiger partial charge < -0.3 is 4.90 Å². The summed E-state index contributed by atoms with van der Waals surface area (Å²) in [6, 6.07) is 17.9. The molecule has 1 aliphatic rings. The Morgan fingerprint density at radius 2 is 1.47 bits per heavy atom. The molecule has 0 saturated carbocycles. The first-order valence-electron chi connectivity index (χ1n) is 10.2. The van der Waals surface area contributed by atoms with Crippen LogP contribution in [0.1, 0.15) is 11.1 Å². The molecule has 0 aliphatic carbocycles. The number of carbonyl (C=O) groups is 1. The Bertz CT molecular complexity index is 1140. The zero-order valence-electron chi connectivity index (χ0n) is 17.9. The Balaban J connectivity index is 1.53. The van der Waals surface area contributed by atoms with Crippen molar-refractivity contribution in [2.75, 3.05) is 39.8 Å². The van der Waals surface area contributed by atoms with Gasteiger partial charge in [0, 0.05) is 38.6 Å². The molecule has 1 aliphatic heterocycles. The van der Waals surface area contributed by atoms with Crippen LogP contribution in [0.4, 0.5) is 0 Å². The van der Waals surface area contributed by atoms with Gasteiger partial charge in [0.15, 0.2) is 0 Å². The van der Waals surface area contributed by atoms with E-state index in [1.165, 1.54) is 22.3 Å².